The number of carbonyl (C=O) groups is 1. The van der Waals surface area contributed by atoms with Gasteiger partial charge < -0.3 is 4.74 Å². The third kappa shape index (κ3) is 2.90. The second kappa shape index (κ2) is 4.92. The molecule has 1 heterocycles. The summed E-state index contributed by atoms with van der Waals surface area (Å²) >= 11 is 0. The fourth-order valence-electron chi connectivity index (χ4n) is 3.06. The first-order chi connectivity index (χ1) is 9.12. The molecule has 2 rings (SSSR count). The molecular weight excluding hydrogens is 262 g/mol. The summed E-state index contributed by atoms with van der Waals surface area (Å²) in [6, 6.07) is 3.64. The van der Waals surface area contributed by atoms with Crippen molar-refractivity contribution in [1.29, 1.82) is 0 Å². The van der Waals surface area contributed by atoms with Crippen LogP contribution in [0.1, 0.15) is 39.7 Å². The monoisotopic (exact) mass is 282 g/mol. The maximum absolute atomic E-state index is 13.6. The highest BCUT2D eigenvalue weighted by Gasteiger charge is 2.48. The van der Waals surface area contributed by atoms with Crippen molar-refractivity contribution < 1.29 is 18.3 Å². The Morgan fingerprint density at radius 3 is 2.25 bits per heavy atom. The summed E-state index contributed by atoms with van der Waals surface area (Å²) in [6.45, 7) is 7.54. The summed E-state index contributed by atoms with van der Waals surface area (Å²) < 4.78 is 33.1. The maximum Gasteiger partial charge on any atom is 0.143 e. The van der Waals surface area contributed by atoms with Crippen molar-refractivity contribution in [1.82, 2.24) is 0 Å². The van der Waals surface area contributed by atoms with Gasteiger partial charge in [0.05, 0.1) is 11.2 Å². The van der Waals surface area contributed by atoms with E-state index in [0.29, 0.717) is 6.42 Å². The van der Waals surface area contributed by atoms with Gasteiger partial charge in [-0.05, 0) is 46.2 Å². The summed E-state index contributed by atoms with van der Waals surface area (Å²) in [4.78, 5) is 12.4. The summed E-state index contributed by atoms with van der Waals surface area (Å²) in [6.07, 6.45) is 0.334. The van der Waals surface area contributed by atoms with Crippen LogP contribution in [0.5, 0.6) is 0 Å². The lowest BCUT2D eigenvalue weighted by atomic mass is 9.82. The largest absolute Gasteiger partial charge is 0.369 e. The van der Waals surface area contributed by atoms with Crippen LogP contribution in [0.3, 0.4) is 0 Å². The molecule has 0 bridgehead atoms. The predicted octanol–water partition coefficient (Wildman–Crippen LogP) is 3.67. The third-order valence-electron chi connectivity index (χ3n) is 3.88. The average Bonchev–Trinajstić information content (AvgIpc) is 2.52. The first kappa shape index (κ1) is 15.1. The van der Waals surface area contributed by atoms with Crippen LogP contribution in [-0.2, 0) is 16.0 Å². The Morgan fingerprint density at radius 2 is 1.80 bits per heavy atom. The second-order valence-corrected chi connectivity index (χ2v) is 6.57. The van der Waals surface area contributed by atoms with E-state index in [1.165, 1.54) is 18.2 Å². The Hall–Kier alpha value is -1.29. The van der Waals surface area contributed by atoms with Crippen molar-refractivity contribution in [3.63, 3.8) is 0 Å². The molecule has 1 aliphatic rings. The Morgan fingerprint density at radius 1 is 1.25 bits per heavy atom. The Balaban J connectivity index is 2.21. The van der Waals surface area contributed by atoms with Crippen molar-refractivity contribution in [2.24, 2.45) is 5.92 Å². The number of ketones is 1. The first-order valence-electron chi connectivity index (χ1n) is 6.78. The Kier molecular flexibility index (Phi) is 3.71. The normalized spacial score (nSPS) is 23.8. The van der Waals surface area contributed by atoms with Crippen LogP contribution in [0.4, 0.5) is 8.78 Å². The smallest absolute Gasteiger partial charge is 0.143 e. The Bertz CT molecular complexity index is 515. The number of halogens is 2. The second-order valence-electron chi connectivity index (χ2n) is 6.57. The van der Waals surface area contributed by atoms with Crippen molar-refractivity contribution >= 4 is 5.78 Å². The van der Waals surface area contributed by atoms with Crippen molar-refractivity contribution in [2.75, 3.05) is 0 Å². The van der Waals surface area contributed by atoms with E-state index < -0.39 is 22.8 Å². The predicted molar refractivity (Wildman–Crippen MR) is 72.4 cm³/mol. The molecule has 0 amide bonds. The minimum Gasteiger partial charge on any atom is -0.369 e. The summed E-state index contributed by atoms with van der Waals surface area (Å²) in [5, 5.41) is 0. The highest BCUT2D eigenvalue weighted by molar-refractivity contribution is 5.84. The highest BCUT2D eigenvalue weighted by Crippen LogP contribution is 2.42. The van der Waals surface area contributed by atoms with E-state index in [0.717, 1.165) is 0 Å². The van der Waals surface area contributed by atoms with Gasteiger partial charge >= 0.3 is 0 Å². The van der Waals surface area contributed by atoms with Crippen LogP contribution in [0.2, 0.25) is 0 Å². The fraction of sp³-hybridized carbons (Fsp3) is 0.562. The fourth-order valence-corrected chi connectivity index (χ4v) is 3.06. The molecule has 1 atom stereocenters. The molecule has 0 N–H and O–H groups in total. The molecule has 0 radical (unpaired) electrons. The molecule has 0 aromatic heterocycles. The molecule has 0 saturated carbocycles. The number of hydrogen-bond acceptors (Lipinski definition) is 2. The van der Waals surface area contributed by atoms with Gasteiger partial charge in [-0.3, -0.25) is 4.79 Å². The molecule has 1 aliphatic heterocycles. The van der Waals surface area contributed by atoms with Crippen LogP contribution in [0.25, 0.3) is 0 Å². The van der Waals surface area contributed by atoms with Gasteiger partial charge in [0.1, 0.15) is 17.4 Å². The molecule has 0 aliphatic carbocycles. The zero-order valence-corrected chi connectivity index (χ0v) is 12.3. The minimum atomic E-state index is -0.672. The van der Waals surface area contributed by atoms with E-state index in [9.17, 15) is 13.6 Å². The zero-order chi connectivity index (χ0) is 15.1. The van der Waals surface area contributed by atoms with E-state index >= 15 is 0 Å². The van der Waals surface area contributed by atoms with Gasteiger partial charge in [-0.25, -0.2) is 8.78 Å². The van der Waals surface area contributed by atoms with Crippen LogP contribution in [0.15, 0.2) is 18.2 Å². The van der Waals surface area contributed by atoms with E-state index in [2.05, 4.69) is 0 Å². The third-order valence-corrected chi connectivity index (χ3v) is 3.88. The standard InChI is InChI=1S/C16H20F2O2/c1-15(2)9-11(16(3,4)20-15)14(19)8-10-12(17)6-5-7-13(10)18/h5-7,11H,8-9H2,1-4H3. The first-order valence-corrected chi connectivity index (χ1v) is 6.78. The lowest BCUT2D eigenvalue weighted by Crippen LogP contribution is -2.34. The van der Waals surface area contributed by atoms with E-state index in [-0.39, 0.29) is 23.7 Å². The van der Waals surface area contributed by atoms with Gasteiger partial charge in [-0.2, -0.15) is 0 Å². The lowest BCUT2D eigenvalue weighted by molar-refractivity contribution is -0.128. The van der Waals surface area contributed by atoms with Crippen LogP contribution in [-0.4, -0.2) is 17.0 Å². The van der Waals surface area contributed by atoms with Gasteiger partial charge in [-0.15, -0.1) is 0 Å². The average molecular weight is 282 g/mol. The summed E-state index contributed by atoms with van der Waals surface area (Å²) in [5.41, 5.74) is -1.15. The summed E-state index contributed by atoms with van der Waals surface area (Å²) in [5.74, 6) is -1.87. The molecule has 2 nitrogen and oxygen atoms in total. The highest BCUT2D eigenvalue weighted by atomic mass is 19.1. The van der Waals surface area contributed by atoms with E-state index in [4.69, 9.17) is 4.74 Å². The Labute approximate surface area is 118 Å². The number of Topliss-reactive ketones (excluding diaryl/α,β-unsaturated/α-hetero) is 1. The zero-order valence-electron chi connectivity index (χ0n) is 12.3. The van der Waals surface area contributed by atoms with Crippen molar-refractivity contribution in [3.8, 4) is 0 Å². The number of hydrogen-bond donors (Lipinski definition) is 0. The minimum absolute atomic E-state index is 0.155. The van der Waals surface area contributed by atoms with Gasteiger partial charge in [0.2, 0.25) is 0 Å². The SMILES string of the molecule is CC1(C)CC(C(=O)Cc2c(F)cccc2F)C(C)(C)O1. The van der Waals surface area contributed by atoms with Crippen LogP contribution in [0, 0.1) is 17.6 Å². The molecule has 0 spiro atoms. The van der Waals surface area contributed by atoms with Gasteiger partial charge in [0, 0.05) is 17.9 Å². The molecular formula is C16H20F2O2. The quantitative estimate of drug-likeness (QED) is 0.845. The number of benzene rings is 1. The van der Waals surface area contributed by atoms with Gasteiger partial charge in [-0.1, -0.05) is 6.07 Å². The summed E-state index contributed by atoms with van der Waals surface area (Å²) in [7, 11) is 0. The number of ether oxygens (including phenoxy) is 1. The van der Waals surface area contributed by atoms with Crippen LogP contribution < -0.4 is 0 Å². The van der Waals surface area contributed by atoms with Crippen molar-refractivity contribution in [2.45, 2.75) is 51.7 Å². The molecule has 110 valence electrons. The van der Waals surface area contributed by atoms with Crippen LogP contribution >= 0.6 is 0 Å². The molecule has 1 saturated heterocycles. The topological polar surface area (TPSA) is 26.3 Å². The number of rotatable bonds is 3. The number of carbonyl (C=O) groups excluding carboxylic acids is 1. The molecule has 1 unspecified atom stereocenters. The van der Waals surface area contributed by atoms with E-state index in [1.807, 2.05) is 27.7 Å². The molecule has 1 fully saturated rings. The molecule has 1 aromatic carbocycles. The van der Waals surface area contributed by atoms with E-state index in [1.54, 1.807) is 0 Å². The maximum atomic E-state index is 13.6. The molecule has 20 heavy (non-hydrogen) atoms. The molecule has 4 heteroatoms. The molecule has 1 aromatic rings. The van der Waals surface area contributed by atoms with Gasteiger partial charge in [0.25, 0.3) is 0 Å². The van der Waals surface area contributed by atoms with Gasteiger partial charge in [0.15, 0.2) is 0 Å². The van der Waals surface area contributed by atoms with Crippen molar-refractivity contribution in [3.05, 3.63) is 35.4 Å². The lowest BCUT2D eigenvalue weighted by Gasteiger charge is -2.26.